The SMILES string of the molecule is Nc1nc2c(ncn2[C@@H]2O[C@H]3COP(=O)(O)OC4[C@H](COP(=O)(O)O[C@@H]3C2O)O[C@@H](n2cnc3c(=O)[nH]c(N)nc32)[C@H]4OP(O)O)c(=O)[nH]1. The molecule has 0 aliphatic carbocycles. The van der Waals surface area contributed by atoms with Crippen molar-refractivity contribution in [3.8, 4) is 0 Å². The third-order valence-corrected chi connectivity index (χ3v) is 9.98. The van der Waals surface area contributed by atoms with Gasteiger partial charge >= 0.3 is 24.2 Å². The first-order valence-corrected chi connectivity index (χ1v) is 17.9. The van der Waals surface area contributed by atoms with Gasteiger partial charge in [0.05, 0.1) is 25.9 Å². The maximum Gasteiger partial charge on any atom is 0.472 e. The predicted octanol–water partition coefficient (Wildman–Crippen LogP) is -2.81. The van der Waals surface area contributed by atoms with Crippen molar-refractivity contribution in [1.29, 1.82) is 0 Å². The summed E-state index contributed by atoms with van der Waals surface area (Å²) in [6.45, 7) is -1.87. The number of nitrogens with one attached hydrogen (secondary N) is 2. The highest BCUT2D eigenvalue weighted by Gasteiger charge is 2.55. The summed E-state index contributed by atoms with van der Waals surface area (Å²) in [5.74, 6) is -0.626. The maximum absolute atomic E-state index is 13.3. The fourth-order valence-corrected chi connectivity index (χ4v) is 7.96. The molecule has 7 heterocycles. The number of rotatable bonds is 4. The van der Waals surface area contributed by atoms with Crippen molar-refractivity contribution in [3.05, 3.63) is 33.4 Å². The van der Waals surface area contributed by atoms with E-state index < -0.39 is 97.7 Å². The number of nitrogens with two attached hydrogens (primary N) is 2. The van der Waals surface area contributed by atoms with E-state index in [1.807, 2.05) is 0 Å². The summed E-state index contributed by atoms with van der Waals surface area (Å²) in [6, 6.07) is 0. The lowest BCUT2D eigenvalue weighted by molar-refractivity contribution is -0.0663. The number of nitrogen functional groups attached to an aromatic ring is 2. The summed E-state index contributed by atoms with van der Waals surface area (Å²) in [7, 11) is -13.6. The van der Waals surface area contributed by atoms with E-state index >= 15 is 0 Å². The summed E-state index contributed by atoms with van der Waals surface area (Å²) in [4.78, 5) is 85.9. The van der Waals surface area contributed by atoms with Crippen LogP contribution in [0.3, 0.4) is 0 Å². The van der Waals surface area contributed by atoms with Gasteiger partial charge in [0.1, 0.15) is 36.6 Å². The minimum Gasteiger partial charge on any atom is -0.386 e. The smallest absolute Gasteiger partial charge is 0.386 e. The minimum atomic E-state index is -5.22. The van der Waals surface area contributed by atoms with Crippen molar-refractivity contribution in [2.45, 2.75) is 49.1 Å². The van der Waals surface area contributed by atoms with E-state index in [1.54, 1.807) is 0 Å². The highest BCUT2D eigenvalue weighted by molar-refractivity contribution is 7.47. The van der Waals surface area contributed by atoms with Crippen LogP contribution in [0.5, 0.6) is 0 Å². The van der Waals surface area contributed by atoms with Gasteiger partial charge in [0.2, 0.25) is 11.9 Å². The van der Waals surface area contributed by atoms with Gasteiger partial charge in [0, 0.05) is 0 Å². The number of aromatic amines is 2. The first-order valence-electron chi connectivity index (χ1n) is 13.7. The number of phosphoric acid groups is 2. The minimum absolute atomic E-state index is 0.144. The molecule has 29 heteroatoms. The van der Waals surface area contributed by atoms with Crippen LogP contribution in [0.15, 0.2) is 22.2 Å². The van der Waals surface area contributed by atoms with Gasteiger partial charge in [-0.25, -0.2) is 19.1 Å². The third-order valence-electron chi connectivity index (χ3n) is 7.57. The lowest BCUT2D eigenvalue weighted by Gasteiger charge is -2.28. The van der Waals surface area contributed by atoms with Gasteiger partial charge in [-0.3, -0.25) is 46.8 Å². The molecule has 4 unspecified atom stereocenters. The highest BCUT2D eigenvalue weighted by Crippen LogP contribution is 2.54. The van der Waals surface area contributed by atoms with E-state index in [2.05, 4.69) is 29.9 Å². The number of hydrogen-bond acceptors (Lipinski definition) is 20. The number of phosphoric ester groups is 2. The molecular formula is C20H25N10O16P3. The number of hydrogen-bond donors (Lipinski definition) is 9. The van der Waals surface area contributed by atoms with Crippen molar-refractivity contribution in [2.24, 2.45) is 0 Å². The molecule has 0 radical (unpaired) electrons. The molecule has 3 saturated heterocycles. The van der Waals surface area contributed by atoms with Crippen LogP contribution in [-0.2, 0) is 41.2 Å². The van der Waals surface area contributed by atoms with Gasteiger partial charge in [-0.05, 0) is 0 Å². The second kappa shape index (κ2) is 12.5. The Labute approximate surface area is 270 Å². The van der Waals surface area contributed by atoms with Crippen LogP contribution < -0.4 is 22.6 Å². The summed E-state index contributed by atoms with van der Waals surface area (Å²) < 4.78 is 66.4. The largest absolute Gasteiger partial charge is 0.472 e. The number of ether oxygens (including phenoxy) is 2. The Morgan fingerprint density at radius 2 is 1.31 bits per heavy atom. The van der Waals surface area contributed by atoms with Crippen LogP contribution in [0.2, 0.25) is 0 Å². The topological polar surface area (TPSA) is 379 Å². The van der Waals surface area contributed by atoms with Crippen molar-refractivity contribution < 1.29 is 65.9 Å². The molecule has 49 heavy (non-hydrogen) atoms. The van der Waals surface area contributed by atoms with E-state index in [4.69, 9.17) is 43.6 Å². The number of fused-ring (bicyclic) bond motifs is 4. The lowest BCUT2D eigenvalue weighted by Crippen LogP contribution is -2.39. The van der Waals surface area contributed by atoms with Crippen molar-refractivity contribution in [2.75, 3.05) is 24.7 Å². The Hall–Kier alpha value is -3.29. The molecule has 7 rings (SSSR count). The molecule has 3 aliphatic heterocycles. The van der Waals surface area contributed by atoms with Gasteiger partial charge in [-0.15, -0.1) is 0 Å². The molecule has 4 aromatic rings. The Morgan fingerprint density at radius 1 is 0.837 bits per heavy atom. The molecule has 3 aliphatic rings. The van der Waals surface area contributed by atoms with E-state index in [9.17, 15) is 43.4 Å². The molecule has 0 bridgehead atoms. The zero-order chi connectivity index (χ0) is 35.0. The first kappa shape index (κ1) is 34.2. The molecule has 0 aromatic carbocycles. The van der Waals surface area contributed by atoms with E-state index in [0.717, 1.165) is 21.8 Å². The zero-order valence-corrected chi connectivity index (χ0v) is 26.8. The Bertz CT molecular complexity index is 2120. The molecule has 10 atom stereocenters. The highest BCUT2D eigenvalue weighted by atomic mass is 31.2. The molecule has 0 saturated carbocycles. The number of aromatic nitrogens is 8. The summed E-state index contributed by atoms with van der Waals surface area (Å²) in [6.07, 6.45) is -11.3. The number of H-pyrrole nitrogens is 2. The number of nitrogens with zero attached hydrogens (tertiary/aromatic N) is 6. The van der Waals surface area contributed by atoms with Crippen molar-refractivity contribution in [3.63, 3.8) is 0 Å². The van der Waals surface area contributed by atoms with E-state index in [-0.39, 0.29) is 34.2 Å². The molecule has 0 amide bonds. The molecule has 4 aromatic heterocycles. The fourth-order valence-electron chi connectivity index (χ4n) is 5.59. The van der Waals surface area contributed by atoms with Gasteiger partial charge in [-0.1, -0.05) is 0 Å². The summed E-state index contributed by atoms with van der Waals surface area (Å²) in [5, 5.41) is 11.2. The standard InChI is InChI=1S/C20H25N10O16P3/c21-19-25-13-7(15(32)27-19)23-3-29(13)17-9(31)10-5(42-17)1-40-49(38,39)46-11-6(2-41-48(36,37)45-10)43-18(12(11)44-47(34)35)30-4-24-8-14(30)26-20(22)28-16(8)33/h3-6,9-12,17-18,31,34-35H,1-2H2,(H,36,37)(H,38,39)(H3,21,25,27,32)(H3,22,26,28,33)/t5-,6-,9?,10-,11?,12-,17+,18+/m0/s1. The first-order chi connectivity index (χ1) is 23.1. The second-order valence-electron chi connectivity index (χ2n) is 10.7. The number of imidazole rings is 2. The molecule has 11 N–H and O–H groups in total. The normalized spacial score (nSPS) is 35.7. The molecule has 0 spiro atoms. The number of aliphatic hydroxyl groups is 1. The fraction of sp³-hybridized carbons (Fsp3) is 0.500. The van der Waals surface area contributed by atoms with Crippen LogP contribution in [0, 0.1) is 0 Å². The van der Waals surface area contributed by atoms with Crippen molar-refractivity contribution in [1.82, 2.24) is 39.0 Å². The van der Waals surface area contributed by atoms with Gasteiger partial charge in [0.15, 0.2) is 34.8 Å². The predicted molar refractivity (Wildman–Crippen MR) is 156 cm³/mol. The average molecular weight is 754 g/mol. The average Bonchev–Trinajstić information content (AvgIpc) is 3.76. The van der Waals surface area contributed by atoms with Crippen LogP contribution in [0.4, 0.5) is 11.9 Å². The van der Waals surface area contributed by atoms with Crippen LogP contribution >= 0.6 is 24.2 Å². The van der Waals surface area contributed by atoms with Crippen LogP contribution in [-0.4, -0.2) is 114 Å². The Morgan fingerprint density at radius 3 is 1.84 bits per heavy atom. The Balaban J connectivity index is 1.21. The molecule has 3 fully saturated rings. The van der Waals surface area contributed by atoms with Gasteiger partial charge in [-0.2, -0.15) is 9.97 Å². The maximum atomic E-state index is 13.3. The second-order valence-corrected chi connectivity index (χ2v) is 14.2. The number of aliphatic hydroxyl groups excluding tert-OH is 1. The van der Waals surface area contributed by atoms with E-state index in [0.29, 0.717) is 0 Å². The third kappa shape index (κ3) is 6.42. The van der Waals surface area contributed by atoms with E-state index in [1.165, 1.54) is 0 Å². The number of anilines is 2. The lowest BCUT2D eigenvalue weighted by atomic mass is 10.1. The van der Waals surface area contributed by atoms with Crippen molar-refractivity contribution >= 4 is 58.5 Å². The molecule has 26 nitrogen and oxygen atoms in total. The quantitative estimate of drug-likeness (QED) is 0.0949. The van der Waals surface area contributed by atoms with Crippen LogP contribution in [0.1, 0.15) is 12.5 Å². The van der Waals surface area contributed by atoms with Gasteiger partial charge < -0.3 is 50.1 Å². The van der Waals surface area contributed by atoms with Crippen LogP contribution in [0.25, 0.3) is 22.3 Å². The summed E-state index contributed by atoms with van der Waals surface area (Å²) in [5.41, 5.74) is 9.10. The molecular weight excluding hydrogens is 729 g/mol. The molecule has 266 valence electrons. The Kier molecular flexibility index (Phi) is 8.71. The van der Waals surface area contributed by atoms with Gasteiger partial charge in [0.25, 0.3) is 11.1 Å². The monoisotopic (exact) mass is 754 g/mol. The summed E-state index contributed by atoms with van der Waals surface area (Å²) >= 11 is 0. The zero-order valence-electron chi connectivity index (χ0n) is 24.1.